The molecule has 1 atom stereocenters. The molecule has 0 radical (unpaired) electrons. The van der Waals surface area contributed by atoms with Gasteiger partial charge in [0.05, 0.1) is 0 Å². The van der Waals surface area contributed by atoms with Crippen molar-refractivity contribution < 1.29 is 4.39 Å². The Bertz CT molecular complexity index is 360. The number of halogens is 2. The molecule has 0 aliphatic heterocycles. The van der Waals surface area contributed by atoms with Gasteiger partial charge in [-0.25, -0.2) is 4.39 Å². The first-order chi connectivity index (χ1) is 8.65. The molecule has 0 saturated carbocycles. The number of unbranched alkanes of at least 4 members (excludes halogenated alkanes) is 2. The smallest absolute Gasteiger partial charge is 0.129 e. The third-order valence-corrected chi connectivity index (χ3v) is 4.09. The summed E-state index contributed by atoms with van der Waals surface area (Å²) in [6.45, 7) is 2.96. The zero-order valence-corrected chi connectivity index (χ0v) is 13.4. The first-order valence-electron chi connectivity index (χ1n) is 6.32. The van der Waals surface area contributed by atoms with E-state index < -0.39 is 0 Å². The van der Waals surface area contributed by atoms with E-state index in [4.69, 9.17) is 0 Å². The van der Waals surface area contributed by atoms with Crippen LogP contribution >= 0.6 is 27.7 Å². The molecule has 0 saturated heterocycles. The van der Waals surface area contributed by atoms with Crippen LogP contribution in [0.2, 0.25) is 0 Å². The molecule has 0 spiro atoms. The van der Waals surface area contributed by atoms with Crippen LogP contribution < -0.4 is 5.32 Å². The maximum atomic E-state index is 13.7. The van der Waals surface area contributed by atoms with Crippen LogP contribution in [-0.2, 0) is 0 Å². The van der Waals surface area contributed by atoms with Crippen molar-refractivity contribution in [2.75, 3.05) is 18.6 Å². The third kappa shape index (κ3) is 5.72. The molecule has 0 aromatic heterocycles. The zero-order chi connectivity index (χ0) is 13.4. The highest BCUT2D eigenvalue weighted by atomic mass is 79.9. The van der Waals surface area contributed by atoms with Crippen molar-refractivity contribution in [3.05, 3.63) is 34.1 Å². The monoisotopic (exact) mass is 333 g/mol. The van der Waals surface area contributed by atoms with Gasteiger partial charge in [0.2, 0.25) is 0 Å². The van der Waals surface area contributed by atoms with Gasteiger partial charge in [0.25, 0.3) is 0 Å². The van der Waals surface area contributed by atoms with Gasteiger partial charge in [-0.2, -0.15) is 11.8 Å². The Morgan fingerprint density at radius 1 is 1.33 bits per heavy atom. The number of thioether (sulfide) groups is 1. The van der Waals surface area contributed by atoms with E-state index in [1.807, 2.05) is 30.8 Å². The van der Waals surface area contributed by atoms with Gasteiger partial charge in [0.1, 0.15) is 5.82 Å². The second-order valence-electron chi connectivity index (χ2n) is 4.40. The molecule has 1 nitrogen and oxygen atoms in total. The van der Waals surface area contributed by atoms with Crippen molar-refractivity contribution >= 4 is 27.7 Å². The number of hydrogen-bond donors (Lipinski definition) is 1. The third-order valence-electron chi connectivity index (χ3n) is 2.90. The van der Waals surface area contributed by atoms with Crippen molar-refractivity contribution in [2.45, 2.75) is 32.2 Å². The molecule has 0 fully saturated rings. The minimum Gasteiger partial charge on any atom is -0.310 e. The van der Waals surface area contributed by atoms with Crippen LogP contribution in [0.3, 0.4) is 0 Å². The van der Waals surface area contributed by atoms with Crippen molar-refractivity contribution in [2.24, 2.45) is 0 Å². The van der Waals surface area contributed by atoms with Gasteiger partial charge in [-0.05, 0) is 50.5 Å². The van der Waals surface area contributed by atoms with Crippen molar-refractivity contribution in [1.29, 1.82) is 0 Å². The minimum atomic E-state index is -0.147. The molecule has 0 bridgehead atoms. The molecular weight excluding hydrogens is 313 g/mol. The summed E-state index contributed by atoms with van der Waals surface area (Å²) >= 11 is 5.16. The predicted octanol–water partition coefficient (Wildman–Crippen LogP) is 4.77. The van der Waals surface area contributed by atoms with Gasteiger partial charge in [0.15, 0.2) is 0 Å². The van der Waals surface area contributed by atoms with Crippen molar-refractivity contribution in [3.8, 4) is 0 Å². The fourth-order valence-electron chi connectivity index (χ4n) is 1.83. The average molecular weight is 334 g/mol. The highest BCUT2D eigenvalue weighted by Crippen LogP contribution is 2.20. The van der Waals surface area contributed by atoms with Gasteiger partial charge in [-0.15, -0.1) is 0 Å². The molecule has 0 aliphatic rings. The second-order valence-corrected chi connectivity index (χ2v) is 6.30. The first-order valence-corrected chi connectivity index (χ1v) is 8.51. The van der Waals surface area contributed by atoms with Crippen LogP contribution in [0.5, 0.6) is 0 Å². The summed E-state index contributed by atoms with van der Waals surface area (Å²) in [5.74, 6) is 1.09. The summed E-state index contributed by atoms with van der Waals surface area (Å²) in [6, 6.07) is 5.31. The summed E-state index contributed by atoms with van der Waals surface area (Å²) in [6.07, 6.45) is 5.80. The maximum Gasteiger partial charge on any atom is 0.129 e. The maximum absolute atomic E-state index is 13.7. The number of benzene rings is 1. The number of hydrogen-bond acceptors (Lipinski definition) is 2. The number of nitrogens with one attached hydrogen (secondary N) is 1. The molecule has 1 aromatic carbocycles. The molecule has 0 heterocycles. The molecule has 1 unspecified atom stereocenters. The fraction of sp³-hybridized carbons (Fsp3) is 0.571. The van der Waals surface area contributed by atoms with E-state index in [-0.39, 0.29) is 11.9 Å². The molecule has 4 heteroatoms. The lowest BCUT2D eigenvalue weighted by Gasteiger charge is -2.15. The lowest BCUT2D eigenvalue weighted by Crippen LogP contribution is -2.20. The highest BCUT2D eigenvalue weighted by molar-refractivity contribution is 9.10. The van der Waals surface area contributed by atoms with Crippen LogP contribution in [0, 0.1) is 5.82 Å². The fourth-order valence-corrected chi connectivity index (χ4v) is 2.66. The average Bonchev–Trinajstić information content (AvgIpc) is 2.33. The molecule has 1 N–H and O–H groups in total. The van der Waals surface area contributed by atoms with Crippen molar-refractivity contribution in [3.63, 3.8) is 0 Å². The van der Waals surface area contributed by atoms with Crippen LogP contribution in [-0.4, -0.2) is 18.6 Å². The Morgan fingerprint density at radius 2 is 2.11 bits per heavy atom. The standard InChI is InChI=1S/C14H21BrFNS/c1-11(17-8-4-3-5-9-18-2)13-7-6-12(15)10-14(13)16/h6-7,10-11,17H,3-5,8-9H2,1-2H3. The SMILES string of the molecule is CSCCCCCNC(C)c1ccc(Br)cc1F. The molecule has 102 valence electrons. The van der Waals surface area contributed by atoms with E-state index in [1.165, 1.54) is 24.7 Å². The quantitative estimate of drug-likeness (QED) is 0.687. The normalized spacial score (nSPS) is 12.7. The van der Waals surface area contributed by atoms with E-state index in [9.17, 15) is 4.39 Å². The summed E-state index contributed by atoms with van der Waals surface area (Å²) in [5, 5.41) is 3.37. The zero-order valence-electron chi connectivity index (χ0n) is 11.0. The Labute approximate surface area is 122 Å². The van der Waals surface area contributed by atoms with Crippen LogP contribution in [0.1, 0.15) is 37.8 Å². The largest absolute Gasteiger partial charge is 0.310 e. The van der Waals surface area contributed by atoms with E-state index >= 15 is 0 Å². The van der Waals surface area contributed by atoms with E-state index in [0.717, 1.165) is 23.0 Å². The Kier molecular flexibility index (Phi) is 7.95. The minimum absolute atomic E-state index is 0.0682. The predicted molar refractivity (Wildman–Crippen MR) is 82.8 cm³/mol. The van der Waals surface area contributed by atoms with Crippen LogP contribution in [0.15, 0.2) is 22.7 Å². The molecule has 0 amide bonds. The molecule has 1 aromatic rings. The van der Waals surface area contributed by atoms with Gasteiger partial charge in [-0.1, -0.05) is 28.4 Å². The molecule has 1 rings (SSSR count). The lowest BCUT2D eigenvalue weighted by atomic mass is 10.1. The van der Waals surface area contributed by atoms with Crippen LogP contribution in [0.25, 0.3) is 0 Å². The van der Waals surface area contributed by atoms with E-state index in [0.29, 0.717) is 0 Å². The summed E-state index contributed by atoms with van der Waals surface area (Å²) < 4.78 is 14.5. The van der Waals surface area contributed by atoms with Crippen molar-refractivity contribution in [1.82, 2.24) is 5.32 Å². The summed E-state index contributed by atoms with van der Waals surface area (Å²) in [7, 11) is 0. The van der Waals surface area contributed by atoms with Gasteiger partial charge < -0.3 is 5.32 Å². The Morgan fingerprint density at radius 3 is 2.78 bits per heavy atom. The Hall–Kier alpha value is -0.0600. The number of rotatable bonds is 8. The molecule has 0 aliphatic carbocycles. The Balaban J connectivity index is 2.29. The van der Waals surface area contributed by atoms with E-state index in [2.05, 4.69) is 27.5 Å². The van der Waals surface area contributed by atoms with Crippen LogP contribution in [0.4, 0.5) is 4.39 Å². The van der Waals surface area contributed by atoms with Gasteiger partial charge in [-0.3, -0.25) is 0 Å². The lowest BCUT2D eigenvalue weighted by molar-refractivity contribution is 0.513. The van der Waals surface area contributed by atoms with Gasteiger partial charge in [0, 0.05) is 16.1 Å². The van der Waals surface area contributed by atoms with E-state index in [1.54, 1.807) is 0 Å². The second kappa shape index (κ2) is 8.94. The molecule has 18 heavy (non-hydrogen) atoms. The summed E-state index contributed by atoms with van der Waals surface area (Å²) in [5.41, 5.74) is 0.738. The topological polar surface area (TPSA) is 12.0 Å². The summed E-state index contributed by atoms with van der Waals surface area (Å²) in [4.78, 5) is 0. The van der Waals surface area contributed by atoms with Gasteiger partial charge >= 0.3 is 0 Å². The first kappa shape index (κ1) is 16.0. The highest BCUT2D eigenvalue weighted by Gasteiger charge is 2.10. The molecular formula is C14H21BrFNS.